The van der Waals surface area contributed by atoms with Gasteiger partial charge in [0.1, 0.15) is 17.9 Å². The average molecular weight is 447 g/mol. The highest BCUT2D eigenvalue weighted by atomic mass is 32.1. The first-order chi connectivity index (χ1) is 14.9. The van der Waals surface area contributed by atoms with E-state index in [1.807, 2.05) is 5.38 Å². The molecular formula is C22H24F2N4O2S. The molecule has 3 aromatic rings. The number of aliphatic hydroxyl groups is 1. The van der Waals surface area contributed by atoms with E-state index in [0.29, 0.717) is 42.2 Å². The molecule has 1 unspecified atom stereocenters. The predicted octanol–water partition coefficient (Wildman–Crippen LogP) is 4.99. The zero-order valence-electron chi connectivity index (χ0n) is 16.8. The molecule has 9 heteroatoms. The Morgan fingerprint density at radius 1 is 1.10 bits per heavy atom. The Kier molecular flexibility index (Phi) is 7.91. The maximum absolute atomic E-state index is 13.0. The quantitative estimate of drug-likeness (QED) is 0.200. The van der Waals surface area contributed by atoms with Crippen LogP contribution in [0.15, 0.2) is 47.8 Å². The van der Waals surface area contributed by atoms with Crippen LogP contribution in [0.25, 0.3) is 11.3 Å². The van der Waals surface area contributed by atoms with Crippen LogP contribution in [0.2, 0.25) is 0 Å². The van der Waals surface area contributed by atoms with E-state index in [-0.39, 0.29) is 17.4 Å². The number of hydrogen-bond acceptors (Lipinski definition) is 6. The lowest BCUT2D eigenvalue weighted by atomic mass is 10.1. The summed E-state index contributed by atoms with van der Waals surface area (Å²) in [6.45, 7) is 0. The number of nitrogens with zero attached hydrogens (tertiary/aromatic N) is 1. The van der Waals surface area contributed by atoms with Gasteiger partial charge in [-0.25, -0.2) is 13.8 Å². The van der Waals surface area contributed by atoms with Crippen LogP contribution in [0.4, 0.5) is 25.3 Å². The summed E-state index contributed by atoms with van der Waals surface area (Å²) in [6.07, 6.45) is 2.18. The minimum absolute atomic E-state index is 0.127. The molecule has 0 saturated carbocycles. The number of benzene rings is 2. The van der Waals surface area contributed by atoms with Crippen molar-refractivity contribution in [1.82, 2.24) is 4.98 Å². The van der Waals surface area contributed by atoms with E-state index in [4.69, 9.17) is 5.73 Å². The van der Waals surface area contributed by atoms with Gasteiger partial charge in [-0.2, -0.15) is 0 Å². The summed E-state index contributed by atoms with van der Waals surface area (Å²) >= 11 is 1.32. The van der Waals surface area contributed by atoms with Gasteiger partial charge in [-0.05, 0) is 61.7 Å². The van der Waals surface area contributed by atoms with Gasteiger partial charge in [0, 0.05) is 17.4 Å². The van der Waals surface area contributed by atoms with Crippen LogP contribution in [0.3, 0.4) is 0 Å². The first-order valence-electron chi connectivity index (χ1n) is 9.91. The Bertz CT molecular complexity index is 1010. The fourth-order valence-corrected chi connectivity index (χ4v) is 3.72. The van der Waals surface area contributed by atoms with E-state index in [0.717, 1.165) is 12.0 Å². The molecule has 1 aromatic heterocycles. The summed E-state index contributed by atoms with van der Waals surface area (Å²) in [5, 5.41) is 18.0. The number of nitrogens with one attached hydrogen (secondary N) is 2. The summed E-state index contributed by atoms with van der Waals surface area (Å²) in [5.74, 6) is -0.867. The summed E-state index contributed by atoms with van der Waals surface area (Å²) in [4.78, 5) is 16.5. The highest BCUT2D eigenvalue weighted by Crippen LogP contribution is 2.25. The van der Waals surface area contributed by atoms with E-state index >= 15 is 0 Å². The highest BCUT2D eigenvalue weighted by molar-refractivity contribution is 7.14. The molecule has 2 aromatic carbocycles. The molecule has 6 nitrogen and oxygen atoms in total. The van der Waals surface area contributed by atoms with E-state index in [9.17, 15) is 18.7 Å². The number of amides is 1. The minimum Gasteiger partial charge on any atom is -0.397 e. The minimum atomic E-state index is -0.804. The van der Waals surface area contributed by atoms with Crippen molar-refractivity contribution >= 4 is 33.8 Å². The third-order valence-corrected chi connectivity index (χ3v) is 5.37. The molecular weight excluding hydrogens is 422 g/mol. The molecule has 1 heterocycles. The lowest BCUT2D eigenvalue weighted by Crippen LogP contribution is -2.19. The van der Waals surface area contributed by atoms with Crippen LogP contribution < -0.4 is 16.4 Å². The maximum Gasteiger partial charge on any atom is 0.226 e. The van der Waals surface area contributed by atoms with E-state index < -0.39 is 12.0 Å². The Hall–Kier alpha value is -3.04. The number of rotatable bonds is 10. The number of unbranched alkanes of at least 4 members (excludes halogenated alkanes) is 2. The molecule has 0 aliphatic rings. The van der Waals surface area contributed by atoms with Crippen molar-refractivity contribution in [3.63, 3.8) is 0 Å². The number of aromatic nitrogens is 1. The topological polar surface area (TPSA) is 100 Å². The Labute approximate surface area is 183 Å². The number of anilines is 3. The summed E-state index contributed by atoms with van der Waals surface area (Å²) in [6, 6.07) is 9.97. The van der Waals surface area contributed by atoms with E-state index in [1.54, 1.807) is 12.1 Å². The number of thiazole rings is 1. The average Bonchev–Trinajstić information content (AvgIpc) is 3.18. The van der Waals surface area contributed by atoms with Gasteiger partial charge in [0.25, 0.3) is 0 Å². The zero-order valence-corrected chi connectivity index (χ0v) is 17.6. The monoisotopic (exact) mass is 446 g/mol. The molecule has 0 saturated heterocycles. The Balaban J connectivity index is 1.33. The number of nitrogens with two attached hydrogens (primary N) is 1. The fraction of sp³-hybridized carbons (Fsp3) is 0.273. The van der Waals surface area contributed by atoms with Gasteiger partial charge in [-0.3, -0.25) is 4.79 Å². The van der Waals surface area contributed by atoms with Gasteiger partial charge in [0.05, 0.1) is 17.1 Å². The number of carbonyl (C=O) groups is 1. The van der Waals surface area contributed by atoms with Crippen molar-refractivity contribution in [2.24, 2.45) is 0 Å². The third-order valence-electron chi connectivity index (χ3n) is 4.61. The second-order valence-corrected chi connectivity index (χ2v) is 7.94. The lowest BCUT2D eigenvalue weighted by Gasteiger charge is -2.15. The smallest absolute Gasteiger partial charge is 0.226 e. The second-order valence-electron chi connectivity index (χ2n) is 7.08. The molecule has 0 aliphatic heterocycles. The van der Waals surface area contributed by atoms with Crippen molar-refractivity contribution in [1.29, 1.82) is 0 Å². The number of hydrogen-bond donors (Lipinski definition) is 4. The van der Waals surface area contributed by atoms with Gasteiger partial charge in [-0.15, -0.1) is 11.3 Å². The largest absolute Gasteiger partial charge is 0.397 e. The van der Waals surface area contributed by atoms with Crippen LogP contribution in [-0.4, -0.2) is 22.2 Å². The van der Waals surface area contributed by atoms with Crippen molar-refractivity contribution in [2.45, 2.75) is 38.3 Å². The highest BCUT2D eigenvalue weighted by Gasteiger charge is 2.10. The standard InChI is InChI=1S/C22H24F2N4O2S/c23-15-8-6-14(7-9-15)19-13-31-22(27-19)28-21(30)5-3-1-2-4-20(29)26-18-11-10-16(24)12-17(18)25/h6-13,20,26,29H,1-5,25H2,(H,27,28,30). The van der Waals surface area contributed by atoms with Gasteiger partial charge in [0.15, 0.2) is 5.13 Å². The van der Waals surface area contributed by atoms with E-state index in [2.05, 4.69) is 15.6 Å². The SMILES string of the molecule is Nc1cc(F)ccc1NC(O)CCCCCC(=O)Nc1nc(-c2ccc(F)cc2)cs1. The molecule has 0 bridgehead atoms. The molecule has 5 N–H and O–H groups in total. The first kappa shape index (κ1) is 22.6. The summed E-state index contributed by atoms with van der Waals surface area (Å²) in [7, 11) is 0. The maximum atomic E-state index is 13.0. The van der Waals surface area contributed by atoms with Gasteiger partial charge in [-0.1, -0.05) is 6.42 Å². The molecule has 31 heavy (non-hydrogen) atoms. The van der Waals surface area contributed by atoms with Gasteiger partial charge < -0.3 is 21.5 Å². The van der Waals surface area contributed by atoms with Crippen LogP contribution in [-0.2, 0) is 4.79 Å². The second kappa shape index (κ2) is 10.8. The summed E-state index contributed by atoms with van der Waals surface area (Å²) < 4.78 is 26.1. The number of nitrogen functional groups attached to an aromatic ring is 1. The van der Waals surface area contributed by atoms with Crippen LogP contribution in [0, 0.1) is 11.6 Å². The number of halogens is 2. The van der Waals surface area contributed by atoms with Crippen molar-refractivity contribution in [3.05, 3.63) is 59.5 Å². The normalized spacial score (nSPS) is 11.8. The van der Waals surface area contributed by atoms with E-state index in [1.165, 1.54) is 41.7 Å². The molecule has 164 valence electrons. The molecule has 0 radical (unpaired) electrons. The van der Waals surface area contributed by atoms with Crippen LogP contribution >= 0.6 is 11.3 Å². The molecule has 1 atom stereocenters. The van der Waals surface area contributed by atoms with Crippen molar-refractivity contribution in [2.75, 3.05) is 16.4 Å². The van der Waals surface area contributed by atoms with Crippen LogP contribution in [0.5, 0.6) is 0 Å². The van der Waals surface area contributed by atoms with Gasteiger partial charge in [0.2, 0.25) is 5.91 Å². The molecule has 0 spiro atoms. The van der Waals surface area contributed by atoms with Crippen molar-refractivity contribution in [3.8, 4) is 11.3 Å². The first-order valence-corrected chi connectivity index (χ1v) is 10.8. The fourth-order valence-electron chi connectivity index (χ4n) is 2.98. The lowest BCUT2D eigenvalue weighted by molar-refractivity contribution is -0.116. The van der Waals surface area contributed by atoms with Crippen molar-refractivity contribution < 1.29 is 18.7 Å². The summed E-state index contributed by atoms with van der Waals surface area (Å²) in [5.41, 5.74) is 7.89. The molecule has 0 fully saturated rings. The van der Waals surface area contributed by atoms with Crippen LogP contribution in [0.1, 0.15) is 32.1 Å². The number of aliphatic hydroxyl groups excluding tert-OH is 1. The Morgan fingerprint density at radius 2 is 1.84 bits per heavy atom. The molecule has 3 rings (SSSR count). The molecule has 1 amide bonds. The number of carbonyl (C=O) groups excluding carboxylic acids is 1. The van der Waals surface area contributed by atoms with Gasteiger partial charge >= 0.3 is 0 Å². The zero-order chi connectivity index (χ0) is 22.2. The molecule has 0 aliphatic carbocycles. The predicted molar refractivity (Wildman–Crippen MR) is 120 cm³/mol. The Morgan fingerprint density at radius 3 is 2.58 bits per heavy atom. The third kappa shape index (κ3) is 7.01.